The molecule has 1 N–H and O–H groups in total. The highest BCUT2D eigenvalue weighted by Crippen LogP contribution is 2.32. The summed E-state index contributed by atoms with van der Waals surface area (Å²) in [6.45, 7) is 5.16. The van der Waals surface area contributed by atoms with Gasteiger partial charge in [0.2, 0.25) is 5.95 Å². The SMILES string of the molecule is CC1(C)CN=Cc2ccc(-c3ccnc(Nc4cccc(CS(C)(=O)=O)c4)n3)cc21. The van der Waals surface area contributed by atoms with Crippen LogP contribution in [0.5, 0.6) is 0 Å². The molecule has 0 spiro atoms. The van der Waals surface area contributed by atoms with E-state index in [0.29, 0.717) is 5.95 Å². The molecular formula is C23H24N4O2S. The van der Waals surface area contributed by atoms with Crippen molar-refractivity contribution in [3.63, 3.8) is 0 Å². The van der Waals surface area contributed by atoms with Crippen molar-refractivity contribution in [2.45, 2.75) is 25.0 Å². The first-order valence-corrected chi connectivity index (χ1v) is 11.8. The fourth-order valence-electron chi connectivity index (χ4n) is 3.62. The van der Waals surface area contributed by atoms with E-state index >= 15 is 0 Å². The summed E-state index contributed by atoms with van der Waals surface area (Å²) in [6.07, 6.45) is 4.88. The maximum absolute atomic E-state index is 11.6. The van der Waals surface area contributed by atoms with Crippen molar-refractivity contribution in [2.75, 3.05) is 18.1 Å². The smallest absolute Gasteiger partial charge is 0.227 e. The van der Waals surface area contributed by atoms with Crippen LogP contribution in [0.25, 0.3) is 11.3 Å². The second kappa shape index (κ2) is 7.65. The van der Waals surface area contributed by atoms with Crippen molar-refractivity contribution in [1.29, 1.82) is 0 Å². The fourth-order valence-corrected chi connectivity index (χ4v) is 4.41. The number of rotatable bonds is 5. The quantitative estimate of drug-likeness (QED) is 0.671. The molecule has 1 aromatic heterocycles. The molecule has 0 saturated carbocycles. The van der Waals surface area contributed by atoms with E-state index in [4.69, 9.17) is 0 Å². The van der Waals surface area contributed by atoms with Gasteiger partial charge in [-0.25, -0.2) is 18.4 Å². The molecule has 0 atom stereocenters. The molecule has 7 heteroatoms. The van der Waals surface area contributed by atoms with Crippen molar-refractivity contribution in [1.82, 2.24) is 9.97 Å². The third kappa shape index (κ3) is 4.57. The summed E-state index contributed by atoms with van der Waals surface area (Å²) >= 11 is 0. The Morgan fingerprint density at radius 1 is 1.10 bits per heavy atom. The van der Waals surface area contributed by atoms with E-state index in [0.717, 1.165) is 34.6 Å². The zero-order chi connectivity index (χ0) is 21.4. The molecule has 2 aromatic carbocycles. The number of hydrogen-bond acceptors (Lipinski definition) is 6. The van der Waals surface area contributed by atoms with Gasteiger partial charge in [0, 0.05) is 41.9 Å². The summed E-state index contributed by atoms with van der Waals surface area (Å²) in [5.74, 6) is 0.458. The zero-order valence-electron chi connectivity index (χ0n) is 17.3. The van der Waals surface area contributed by atoms with Gasteiger partial charge in [0.15, 0.2) is 9.84 Å². The highest BCUT2D eigenvalue weighted by Gasteiger charge is 2.26. The van der Waals surface area contributed by atoms with Gasteiger partial charge in [-0.15, -0.1) is 0 Å². The van der Waals surface area contributed by atoms with Crippen LogP contribution in [0.3, 0.4) is 0 Å². The molecule has 6 nitrogen and oxygen atoms in total. The van der Waals surface area contributed by atoms with Crippen LogP contribution in [0, 0.1) is 0 Å². The average Bonchev–Trinajstić information content (AvgIpc) is 2.67. The largest absolute Gasteiger partial charge is 0.324 e. The minimum Gasteiger partial charge on any atom is -0.324 e. The number of fused-ring (bicyclic) bond motifs is 1. The number of anilines is 2. The summed E-state index contributed by atoms with van der Waals surface area (Å²) in [5, 5.41) is 3.18. The van der Waals surface area contributed by atoms with E-state index in [1.165, 1.54) is 11.8 Å². The van der Waals surface area contributed by atoms with Gasteiger partial charge in [0.1, 0.15) is 0 Å². The standard InChI is InChI=1S/C23H24N4O2S/c1-23(2)15-24-13-18-8-7-17(12-20(18)23)21-9-10-25-22(27-21)26-19-6-4-5-16(11-19)14-30(3,28)29/h4-13H,14-15H2,1-3H3,(H,25,26,27). The van der Waals surface area contributed by atoms with Crippen LogP contribution in [-0.4, -0.2) is 37.4 Å². The Balaban J connectivity index is 1.62. The van der Waals surface area contributed by atoms with Gasteiger partial charge in [-0.3, -0.25) is 4.99 Å². The lowest BCUT2D eigenvalue weighted by atomic mass is 9.79. The highest BCUT2D eigenvalue weighted by molar-refractivity contribution is 7.89. The third-order valence-corrected chi connectivity index (χ3v) is 5.92. The molecule has 0 fully saturated rings. The summed E-state index contributed by atoms with van der Waals surface area (Å²) in [5.41, 5.74) is 5.69. The molecule has 0 bridgehead atoms. The van der Waals surface area contributed by atoms with Gasteiger partial charge in [-0.1, -0.05) is 38.1 Å². The van der Waals surface area contributed by atoms with Gasteiger partial charge in [0.25, 0.3) is 0 Å². The van der Waals surface area contributed by atoms with Crippen LogP contribution in [0.15, 0.2) is 59.7 Å². The monoisotopic (exact) mass is 420 g/mol. The highest BCUT2D eigenvalue weighted by atomic mass is 32.2. The summed E-state index contributed by atoms with van der Waals surface area (Å²) in [4.78, 5) is 13.4. The van der Waals surface area contributed by atoms with E-state index in [-0.39, 0.29) is 11.2 Å². The van der Waals surface area contributed by atoms with Gasteiger partial charge in [-0.2, -0.15) is 0 Å². The lowest BCUT2D eigenvalue weighted by Gasteiger charge is -2.28. The average molecular weight is 421 g/mol. The normalized spacial score (nSPS) is 14.9. The predicted octanol–water partition coefficient (Wildman–Crippen LogP) is 4.14. The Labute approximate surface area is 177 Å². The molecule has 1 aliphatic heterocycles. The maximum atomic E-state index is 11.6. The minimum absolute atomic E-state index is 0.00235. The maximum Gasteiger partial charge on any atom is 0.227 e. The first-order chi connectivity index (χ1) is 14.2. The molecular weight excluding hydrogens is 396 g/mol. The van der Waals surface area contributed by atoms with Crippen LogP contribution in [0.4, 0.5) is 11.6 Å². The molecule has 2 heterocycles. The van der Waals surface area contributed by atoms with Gasteiger partial charge in [-0.05, 0) is 41.0 Å². The fraction of sp³-hybridized carbons (Fsp3) is 0.261. The van der Waals surface area contributed by atoms with Crippen molar-refractivity contribution in [2.24, 2.45) is 4.99 Å². The second-order valence-corrected chi connectivity index (χ2v) is 10.5. The summed E-state index contributed by atoms with van der Waals surface area (Å²) in [6, 6.07) is 15.5. The number of nitrogens with one attached hydrogen (secondary N) is 1. The zero-order valence-corrected chi connectivity index (χ0v) is 18.1. The lowest BCUT2D eigenvalue weighted by Crippen LogP contribution is -2.26. The molecule has 3 aromatic rings. The second-order valence-electron chi connectivity index (χ2n) is 8.32. The molecule has 0 radical (unpaired) electrons. The number of hydrogen-bond donors (Lipinski definition) is 1. The predicted molar refractivity (Wildman–Crippen MR) is 121 cm³/mol. The van der Waals surface area contributed by atoms with Crippen molar-refractivity contribution in [3.8, 4) is 11.3 Å². The molecule has 4 rings (SSSR count). The van der Waals surface area contributed by atoms with Gasteiger partial charge < -0.3 is 5.32 Å². The van der Waals surface area contributed by atoms with Gasteiger partial charge in [0.05, 0.1) is 11.4 Å². The Hall–Kier alpha value is -3.06. The molecule has 0 unspecified atom stereocenters. The Morgan fingerprint density at radius 2 is 1.93 bits per heavy atom. The Morgan fingerprint density at radius 3 is 2.73 bits per heavy atom. The van der Waals surface area contributed by atoms with Crippen LogP contribution in [0.1, 0.15) is 30.5 Å². The first kappa shape index (κ1) is 20.2. The Kier molecular flexibility index (Phi) is 5.15. The number of aromatic nitrogens is 2. The summed E-state index contributed by atoms with van der Waals surface area (Å²) in [7, 11) is -3.10. The molecule has 0 amide bonds. The molecule has 1 aliphatic rings. The van der Waals surface area contributed by atoms with Crippen LogP contribution in [0.2, 0.25) is 0 Å². The molecule has 30 heavy (non-hydrogen) atoms. The van der Waals surface area contributed by atoms with E-state index in [2.05, 4.69) is 46.3 Å². The first-order valence-electron chi connectivity index (χ1n) is 9.71. The number of sulfone groups is 1. The number of benzene rings is 2. The van der Waals surface area contributed by atoms with Crippen LogP contribution < -0.4 is 5.32 Å². The minimum atomic E-state index is -3.10. The van der Waals surface area contributed by atoms with Gasteiger partial charge >= 0.3 is 0 Å². The van der Waals surface area contributed by atoms with E-state index in [1.54, 1.807) is 18.3 Å². The number of aliphatic imine (C=N–C) groups is 1. The van der Waals surface area contributed by atoms with E-state index in [9.17, 15) is 8.42 Å². The number of nitrogens with zero attached hydrogens (tertiary/aromatic N) is 3. The van der Waals surface area contributed by atoms with Crippen molar-refractivity contribution < 1.29 is 8.42 Å². The van der Waals surface area contributed by atoms with Crippen molar-refractivity contribution >= 4 is 27.7 Å². The van der Waals surface area contributed by atoms with Crippen LogP contribution in [-0.2, 0) is 21.0 Å². The Bertz CT molecular complexity index is 1230. The third-order valence-electron chi connectivity index (χ3n) is 5.06. The molecule has 154 valence electrons. The van der Waals surface area contributed by atoms with E-state index < -0.39 is 9.84 Å². The van der Waals surface area contributed by atoms with E-state index in [1.807, 2.05) is 30.5 Å². The van der Waals surface area contributed by atoms with Crippen molar-refractivity contribution in [3.05, 3.63) is 71.4 Å². The molecule has 0 saturated heterocycles. The topological polar surface area (TPSA) is 84.3 Å². The molecule has 0 aliphatic carbocycles. The lowest BCUT2D eigenvalue weighted by molar-refractivity contribution is 0.534. The summed E-state index contributed by atoms with van der Waals surface area (Å²) < 4.78 is 23.1. The van der Waals surface area contributed by atoms with Crippen LogP contribution >= 0.6 is 0 Å².